The standard InChI is InChI=1S/C11H16N4O4/c1-7-4-9(19-14-7)13-8(16)5-15-3-2-11(12,6-15)10(17)18/h4H,2-3,5-6,12H2,1H3,(H,13,16)(H,17,18). The number of aryl methyl sites for hydroxylation is 1. The van der Waals surface area contributed by atoms with Crippen LogP contribution >= 0.6 is 0 Å². The molecule has 0 spiro atoms. The third kappa shape index (κ3) is 3.09. The van der Waals surface area contributed by atoms with E-state index in [2.05, 4.69) is 10.5 Å². The maximum Gasteiger partial charge on any atom is 0.325 e. The first-order chi connectivity index (χ1) is 8.89. The summed E-state index contributed by atoms with van der Waals surface area (Å²) in [7, 11) is 0. The van der Waals surface area contributed by atoms with E-state index in [9.17, 15) is 9.59 Å². The molecule has 104 valence electrons. The number of hydrogen-bond acceptors (Lipinski definition) is 6. The molecule has 19 heavy (non-hydrogen) atoms. The van der Waals surface area contributed by atoms with Crippen molar-refractivity contribution in [1.82, 2.24) is 10.1 Å². The molecule has 1 aliphatic heterocycles. The monoisotopic (exact) mass is 268 g/mol. The van der Waals surface area contributed by atoms with Gasteiger partial charge in [-0.05, 0) is 13.3 Å². The molecule has 1 aromatic heterocycles. The van der Waals surface area contributed by atoms with Gasteiger partial charge < -0.3 is 15.4 Å². The van der Waals surface area contributed by atoms with Crippen molar-refractivity contribution >= 4 is 17.8 Å². The Kier molecular flexibility index (Phi) is 3.54. The summed E-state index contributed by atoms with van der Waals surface area (Å²) in [6.45, 7) is 2.46. The van der Waals surface area contributed by atoms with Crippen molar-refractivity contribution in [2.75, 3.05) is 25.0 Å². The van der Waals surface area contributed by atoms with Crippen LogP contribution in [0.15, 0.2) is 10.6 Å². The predicted octanol–water partition coefficient (Wildman–Crippen LogP) is -0.591. The lowest BCUT2D eigenvalue weighted by atomic mass is 10.0. The molecular weight excluding hydrogens is 252 g/mol. The van der Waals surface area contributed by atoms with Crippen molar-refractivity contribution in [3.8, 4) is 0 Å². The molecule has 1 saturated heterocycles. The minimum absolute atomic E-state index is 0.0754. The Balaban J connectivity index is 1.86. The first kappa shape index (κ1) is 13.5. The normalized spacial score (nSPS) is 23.5. The molecule has 8 heteroatoms. The lowest BCUT2D eigenvalue weighted by molar-refractivity contribution is -0.143. The topological polar surface area (TPSA) is 122 Å². The maximum atomic E-state index is 11.7. The molecule has 2 heterocycles. The summed E-state index contributed by atoms with van der Waals surface area (Å²) in [5.74, 6) is -1.05. The molecule has 1 aliphatic rings. The quantitative estimate of drug-likeness (QED) is 0.667. The number of nitrogens with zero attached hydrogens (tertiary/aromatic N) is 2. The summed E-state index contributed by atoms with van der Waals surface area (Å²) < 4.78 is 4.86. The molecule has 1 fully saturated rings. The molecule has 4 N–H and O–H groups in total. The Bertz CT molecular complexity index is 501. The number of likely N-dealkylation sites (tertiary alicyclic amines) is 1. The fraction of sp³-hybridized carbons (Fsp3) is 0.545. The van der Waals surface area contributed by atoms with E-state index >= 15 is 0 Å². The van der Waals surface area contributed by atoms with E-state index in [0.29, 0.717) is 18.7 Å². The third-order valence-corrected chi connectivity index (χ3v) is 3.06. The fourth-order valence-electron chi connectivity index (χ4n) is 2.03. The Morgan fingerprint density at radius 3 is 2.95 bits per heavy atom. The lowest BCUT2D eigenvalue weighted by Crippen LogP contribution is -2.50. The van der Waals surface area contributed by atoms with Crippen LogP contribution in [0.2, 0.25) is 0 Å². The van der Waals surface area contributed by atoms with Crippen LogP contribution in [0.3, 0.4) is 0 Å². The van der Waals surface area contributed by atoms with Gasteiger partial charge in [-0.25, -0.2) is 0 Å². The molecule has 1 amide bonds. The summed E-state index contributed by atoms with van der Waals surface area (Å²) >= 11 is 0. The van der Waals surface area contributed by atoms with Gasteiger partial charge >= 0.3 is 5.97 Å². The van der Waals surface area contributed by atoms with Gasteiger partial charge in [0.1, 0.15) is 5.54 Å². The van der Waals surface area contributed by atoms with Crippen LogP contribution < -0.4 is 11.1 Å². The van der Waals surface area contributed by atoms with E-state index in [4.69, 9.17) is 15.4 Å². The SMILES string of the molecule is Cc1cc(NC(=O)CN2CCC(N)(C(=O)O)C2)on1. The highest BCUT2D eigenvalue weighted by atomic mass is 16.5. The zero-order chi connectivity index (χ0) is 14.0. The van der Waals surface area contributed by atoms with Crippen LogP contribution in [-0.4, -0.2) is 52.2 Å². The predicted molar refractivity (Wildman–Crippen MR) is 65.5 cm³/mol. The smallest absolute Gasteiger partial charge is 0.325 e. The van der Waals surface area contributed by atoms with Gasteiger partial charge in [0.2, 0.25) is 11.8 Å². The number of rotatable bonds is 4. The van der Waals surface area contributed by atoms with Crippen LogP contribution in [0.1, 0.15) is 12.1 Å². The average Bonchev–Trinajstić information content (AvgIpc) is 2.87. The Labute approximate surface area is 109 Å². The van der Waals surface area contributed by atoms with Gasteiger partial charge in [-0.15, -0.1) is 0 Å². The molecular formula is C11H16N4O4. The van der Waals surface area contributed by atoms with Crippen LogP contribution in [0.25, 0.3) is 0 Å². The first-order valence-corrected chi connectivity index (χ1v) is 5.87. The zero-order valence-corrected chi connectivity index (χ0v) is 10.5. The summed E-state index contributed by atoms with van der Waals surface area (Å²) in [6, 6.07) is 1.60. The van der Waals surface area contributed by atoms with Crippen molar-refractivity contribution in [3.63, 3.8) is 0 Å². The van der Waals surface area contributed by atoms with Crippen LogP contribution in [0.5, 0.6) is 0 Å². The molecule has 0 bridgehead atoms. The van der Waals surface area contributed by atoms with Gasteiger partial charge in [0.25, 0.3) is 0 Å². The number of aliphatic carboxylic acids is 1. The molecule has 0 radical (unpaired) electrons. The molecule has 0 saturated carbocycles. The van der Waals surface area contributed by atoms with Gasteiger partial charge in [-0.3, -0.25) is 19.8 Å². The molecule has 1 aromatic rings. The molecule has 0 aromatic carbocycles. The number of anilines is 1. The van der Waals surface area contributed by atoms with E-state index in [1.165, 1.54) is 0 Å². The third-order valence-electron chi connectivity index (χ3n) is 3.06. The number of nitrogens with two attached hydrogens (primary N) is 1. The highest BCUT2D eigenvalue weighted by Crippen LogP contribution is 2.18. The first-order valence-electron chi connectivity index (χ1n) is 5.87. The van der Waals surface area contributed by atoms with E-state index in [1.54, 1.807) is 17.9 Å². The van der Waals surface area contributed by atoms with Crippen molar-refractivity contribution in [2.24, 2.45) is 5.73 Å². The number of amides is 1. The van der Waals surface area contributed by atoms with Gasteiger partial charge in [-0.2, -0.15) is 0 Å². The van der Waals surface area contributed by atoms with Gasteiger partial charge in [-0.1, -0.05) is 5.16 Å². The molecule has 8 nitrogen and oxygen atoms in total. The molecule has 1 atom stereocenters. The summed E-state index contributed by atoms with van der Waals surface area (Å²) in [5.41, 5.74) is 5.13. The number of carboxylic acid groups (broad SMARTS) is 1. The van der Waals surface area contributed by atoms with E-state index in [-0.39, 0.29) is 24.9 Å². The van der Waals surface area contributed by atoms with Crippen molar-refractivity contribution in [2.45, 2.75) is 18.9 Å². The zero-order valence-electron chi connectivity index (χ0n) is 10.5. The maximum absolute atomic E-state index is 11.7. The van der Waals surface area contributed by atoms with Gasteiger partial charge in [0, 0.05) is 19.2 Å². The largest absolute Gasteiger partial charge is 0.480 e. The van der Waals surface area contributed by atoms with Gasteiger partial charge in [0.05, 0.1) is 12.2 Å². The number of hydrogen-bond donors (Lipinski definition) is 3. The molecule has 0 aliphatic carbocycles. The molecule has 2 rings (SSSR count). The van der Waals surface area contributed by atoms with E-state index in [1.807, 2.05) is 0 Å². The van der Waals surface area contributed by atoms with Crippen molar-refractivity contribution in [3.05, 3.63) is 11.8 Å². The second-order valence-electron chi connectivity index (χ2n) is 4.80. The summed E-state index contributed by atoms with van der Waals surface area (Å²) in [4.78, 5) is 24.4. The average molecular weight is 268 g/mol. The van der Waals surface area contributed by atoms with Crippen molar-refractivity contribution < 1.29 is 19.2 Å². The second kappa shape index (κ2) is 4.98. The summed E-state index contributed by atoms with van der Waals surface area (Å²) in [5, 5.41) is 15.2. The van der Waals surface area contributed by atoms with Crippen LogP contribution in [0.4, 0.5) is 5.88 Å². The second-order valence-corrected chi connectivity index (χ2v) is 4.80. The fourth-order valence-corrected chi connectivity index (χ4v) is 2.03. The Morgan fingerprint density at radius 1 is 1.68 bits per heavy atom. The molecule has 1 unspecified atom stereocenters. The lowest BCUT2D eigenvalue weighted by Gasteiger charge is -2.19. The highest BCUT2D eigenvalue weighted by Gasteiger charge is 2.41. The number of carboxylic acids is 1. The Morgan fingerprint density at radius 2 is 2.42 bits per heavy atom. The number of carbonyl (C=O) groups excluding carboxylic acids is 1. The number of aromatic nitrogens is 1. The number of carbonyl (C=O) groups is 2. The van der Waals surface area contributed by atoms with E-state index in [0.717, 1.165) is 0 Å². The number of nitrogens with one attached hydrogen (secondary N) is 1. The van der Waals surface area contributed by atoms with Crippen LogP contribution in [0, 0.1) is 6.92 Å². The summed E-state index contributed by atoms with van der Waals surface area (Å²) in [6.07, 6.45) is 0.330. The highest BCUT2D eigenvalue weighted by molar-refractivity contribution is 5.91. The minimum Gasteiger partial charge on any atom is -0.480 e. The van der Waals surface area contributed by atoms with Crippen molar-refractivity contribution in [1.29, 1.82) is 0 Å². The minimum atomic E-state index is -1.26. The van der Waals surface area contributed by atoms with E-state index < -0.39 is 11.5 Å². The van der Waals surface area contributed by atoms with Crippen LogP contribution in [-0.2, 0) is 9.59 Å². The Hall–Kier alpha value is -1.93. The van der Waals surface area contributed by atoms with Gasteiger partial charge in [0.15, 0.2) is 0 Å².